The number of ether oxygens (including phenoxy) is 3. The number of nitrogens with zero attached hydrogens (tertiary/aromatic N) is 2. The van der Waals surface area contributed by atoms with Crippen molar-refractivity contribution in [2.24, 2.45) is 0 Å². The van der Waals surface area contributed by atoms with Crippen LogP contribution in [-0.2, 0) is 33.6 Å². The predicted octanol–water partition coefficient (Wildman–Crippen LogP) is 5.87. The lowest BCUT2D eigenvalue weighted by Gasteiger charge is -2.29. The number of hydrogen-bond acceptors (Lipinski definition) is 5. The molecule has 0 saturated carbocycles. The van der Waals surface area contributed by atoms with Crippen LogP contribution < -0.4 is 4.74 Å². The van der Waals surface area contributed by atoms with Gasteiger partial charge in [-0.3, -0.25) is 0 Å². The Morgan fingerprint density at radius 1 is 1.09 bits per heavy atom. The van der Waals surface area contributed by atoms with Crippen molar-refractivity contribution in [3.63, 3.8) is 0 Å². The minimum Gasteiger partial charge on any atom is -0.497 e. The average Bonchev–Trinajstić information content (AvgIpc) is 3.48. The number of rotatable bonds is 10. The molecule has 2 unspecified atom stereocenters. The van der Waals surface area contributed by atoms with E-state index in [9.17, 15) is 0 Å². The van der Waals surface area contributed by atoms with Crippen molar-refractivity contribution in [3.05, 3.63) is 83.9 Å². The van der Waals surface area contributed by atoms with Crippen molar-refractivity contribution in [1.29, 1.82) is 0 Å². The zero-order valence-electron chi connectivity index (χ0n) is 20.7. The summed E-state index contributed by atoms with van der Waals surface area (Å²) >= 11 is 1.88. The molecule has 4 rings (SSSR count). The first-order valence-corrected chi connectivity index (χ1v) is 13.1. The molecular formula is C28H36N2O3S. The van der Waals surface area contributed by atoms with Gasteiger partial charge in [0.15, 0.2) is 5.79 Å². The highest BCUT2D eigenvalue weighted by molar-refractivity contribution is 7.98. The number of imidazole rings is 1. The van der Waals surface area contributed by atoms with Crippen molar-refractivity contribution in [1.82, 2.24) is 9.55 Å². The Bertz CT molecular complexity index is 1010. The molecule has 0 amide bonds. The minimum atomic E-state index is -0.630. The number of hydrogen-bond donors (Lipinski definition) is 0. The van der Waals surface area contributed by atoms with Gasteiger partial charge in [-0.25, -0.2) is 4.98 Å². The molecule has 1 aromatic heterocycles. The van der Waals surface area contributed by atoms with Crippen LogP contribution in [0.5, 0.6) is 5.75 Å². The van der Waals surface area contributed by atoms with Gasteiger partial charge in [0.2, 0.25) is 0 Å². The average molecular weight is 481 g/mol. The molecule has 182 valence electrons. The molecule has 2 heterocycles. The molecule has 2 aromatic carbocycles. The fourth-order valence-electron chi connectivity index (χ4n) is 4.19. The summed E-state index contributed by atoms with van der Waals surface area (Å²) in [5, 5.41) is 0. The van der Waals surface area contributed by atoms with E-state index in [1.54, 1.807) is 13.3 Å². The van der Waals surface area contributed by atoms with Gasteiger partial charge in [0.25, 0.3) is 0 Å². The van der Waals surface area contributed by atoms with Crippen LogP contribution in [0, 0.1) is 0 Å². The third-order valence-corrected chi connectivity index (χ3v) is 7.39. The normalized spacial score (nSPS) is 20.5. The molecule has 2 atom stereocenters. The molecule has 0 bridgehead atoms. The van der Waals surface area contributed by atoms with Gasteiger partial charge in [-0.05, 0) is 40.7 Å². The Morgan fingerprint density at radius 3 is 2.47 bits per heavy atom. The second-order valence-electron chi connectivity index (χ2n) is 10.0. The van der Waals surface area contributed by atoms with Gasteiger partial charge in [0.05, 0.1) is 32.7 Å². The molecule has 1 saturated heterocycles. The summed E-state index contributed by atoms with van der Waals surface area (Å²) in [5.41, 5.74) is 4.11. The van der Waals surface area contributed by atoms with Gasteiger partial charge in [-0.15, -0.1) is 0 Å². The zero-order chi connectivity index (χ0) is 24.0. The molecule has 1 aliphatic heterocycles. The van der Waals surface area contributed by atoms with E-state index < -0.39 is 5.79 Å². The van der Waals surface area contributed by atoms with Gasteiger partial charge in [-0.1, -0.05) is 57.2 Å². The van der Waals surface area contributed by atoms with Gasteiger partial charge < -0.3 is 18.8 Å². The summed E-state index contributed by atoms with van der Waals surface area (Å²) in [6.07, 6.45) is 7.40. The van der Waals surface area contributed by atoms with Crippen molar-refractivity contribution < 1.29 is 14.2 Å². The molecule has 0 radical (unpaired) electrons. The van der Waals surface area contributed by atoms with Crippen LogP contribution in [0.25, 0.3) is 0 Å². The third kappa shape index (κ3) is 6.65. The van der Waals surface area contributed by atoms with Crippen molar-refractivity contribution >= 4 is 11.8 Å². The fraction of sp³-hybridized carbons (Fsp3) is 0.464. The van der Waals surface area contributed by atoms with Gasteiger partial charge in [0, 0.05) is 30.3 Å². The number of benzene rings is 2. The first-order chi connectivity index (χ1) is 16.4. The molecule has 3 aromatic rings. The Morgan fingerprint density at radius 2 is 1.82 bits per heavy atom. The minimum absolute atomic E-state index is 0.0787. The van der Waals surface area contributed by atoms with Gasteiger partial charge in [-0.2, -0.15) is 11.8 Å². The topological polar surface area (TPSA) is 45.5 Å². The van der Waals surface area contributed by atoms with Crippen molar-refractivity contribution in [3.8, 4) is 5.75 Å². The summed E-state index contributed by atoms with van der Waals surface area (Å²) in [4.78, 5) is 4.20. The highest BCUT2D eigenvalue weighted by Gasteiger charge is 2.41. The van der Waals surface area contributed by atoms with Crippen molar-refractivity contribution in [2.75, 3.05) is 19.5 Å². The van der Waals surface area contributed by atoms with E-state index in [0.29, 0.717) is 13.2 Å². The molecule has 1 aliphatic rings. The Labute approximate surface area is 207 Å². The maximum Gasteiger partial charge on any atom is 0.187 e. The van der Waals surface area contributed by atoms with E-state index in [2.05, 4.69) is 66.7 Å². The van der Waals surface area contributed by atoms with Crippen molar-refractivity contribution in [2.45, 2.75) is 63.2 Å². The number of thioether (sulfide) groups is 1. The summed E-state index contributed by atoms with van der Waals surface area (Å²) in [5.74, 6) is 2.10. The lowest BCUT2D eigenvalue weighted by atomic mass is 9.86. The van der Waals surface area contributed by atoms with E-state index in [1.165, 1.54) is 16.7 Å². The molecule has 0 N–H and O–H groups in total. The predicted molar refractivity (Wildman–Crippen MR) is 138 cm³/mol. The summed E-state index contributed by atoms with van der Waals surface area (Å²) < 4.78 is 20.2. The highest BCUT2D eigenvalue weighted by Crippen LogP contribution is 2.33. The standard InChI is InChI=1S/C28H36N2O3S/c1-27(2,3)24-9-5-22(6-10-24)13-14-28(20-30-16-15-29-21-30)32-17-26(33-28)19-34-18-23-7-11-25(31-4)12-8-23/h5-12,15-16,21,26H,13-14,17-20H2,1-4H3. The molecule has 5 nitrogen and oxygen atoms in total. The van der Waals surface area contributed by atoms with Crippen LogP contribution in [0.1, 0.15) is 43.9 Å². The molecular weight excluding hydrogens is 444 g/mol. The van der Waals surface area contributed by atoms with E-state index in [4.69, 9.17) is 14.2 Å². The van der Waals surface area contributed by atoms with E-state index in [1.807, 2.05) is 36.4 Å². The van der Waals surface area contributed by atoms with E-state index >= 15 is 0 Å². The molecule has 34 heavy (non-hydrogen) atoms. The highest BCUT2D eigenvalue weighted by atomic mass is 32.2. The molecule has 0 spiro atoms. The quantitative estimate of drug-likeness (QED) is 0.363. The van der Waals surface area contributed by atoms with Crippen LogP contribution >= 0.6 is 11.8 Å². The maximum atomic E-state index is 6.58. The second kappa shape index (κ2) is 11.0. The van der Waals surface area contributed by atoms with Crippen LogP contribution in [0.2, 0.25) is 0 Å². The summed E-state index contributed by atoms with van der Waals surface area (Å²) in [6.45, 7) is 8.00. The van der Waals surface area contributed by atoms with Gasteiger partial charge in [0.1, 0.15) is 5.75 Å². The van der Waals surface area contributed by atoms with Crippen LogP contribution in [0.3, 0.4) is 0 Å². The Hall–Kier alpha value is -2.28. The fourth-order valence-corrected chi connectivity index (χ4v) is 5.16. The molecule has 1 fully saturated rings. The molecule has 6 heteroatoms. The number of methoxy groups -OCH3 is 1. The first-order valence-electron chi connectivity index (χ1n) is 11.9. The third-order valence-electron chi connectivity index (χ3n) is 6.24. The lowest BCUT2D eigenvalue weighted by molar-refractivity contribution is -0.180. The molecule has 0 aliphatic carbocycles. The second-order valence-corrected chi connectivity index (χ2v) is 11.0. The van der Waals surface area contributed by atoms with Gasteiger partial charge >= 0.3 is 0 Å². The first kappa shape index (κ1) is 24.8. The lowest BCUT2D eigenvalue weighted by Crippen LogP contribution is -2.37. The number of aromatic nitrogens is 2. The van der Waals surface area contributed by atoms with E-state index in [-0.39, 0.29) is 11.5 Å². The monoisotopic (exact) mass is 480 g/mol. The largest absolute Gasteiger partial charge is 0.497 e. The summed E-state index contributed by atoms with van der Waals surface area (Å²) in [6, 6.07) is 17.2. The summed E-state index contributed by atoms with van der Waals surface area (Å²) in [7, 11) is 1.69. The van der Waals surface area contributed by atoms with Crippen LogP contribution in [0.15, 0.2) is 67.3 Å². The Balaban J connectivity index is 1.35. The maximum absolute atomic E-state index is 6.58. The number of aryl methyl sites for hydroxylation is 1. The smallest absolute Gasteiger partial charge is 0.187 e. The van der Waals surface area contributed by atoms with Crippen LogP contribution in [-0.4, -0.2) is 40.9 Å². The zero-order valence-corrected chi connectivity index (χ0v) is 21.5. The Kier molecular flexibility index (Phi) is 8.02. The van der Waals surface area contributed by atoms with E-state index in [0.717, 1.165) is 30.1 Å². The van der Waals surface area contributed by atoms with Crippen LogP contribution in [0.4, 0.5) is 0 Å². The SMILES string of the molecule is COc1ccc(CSCC2COC(CCc3ccc(C(C)(C)C)cc3)(Cn3ccnc3)O2)cc1.